The summed E-state index contributed by atoms with van der Waals surface area (Å²) in [6.07, 6.45) is 9.83. The van der Waals surface area contributed by atoms with E-state index in [0.29, 0.717) is 34.9 Å². The van der Waals surface area contributed by atoms with Crippen molar-refractivity contribution in [3.05, 3.63) is 47.6 Å². The monoisotopic (exact) mass is 527 g/mol. The average Bonchev–Trinajstić information content (AvgIpc) is 3.55. The second-order valence-corrected chi connectivity index (χ2v) is 11.7. The van der Waals surface area contributed by atoms with Gasteiger partial charge in [0.05, 0.1) is 35.6 Å². The van der Waals surface area contributed by atoms with E-state index in [1.807, 2.05) is 33.2 Å². The van der Waals surface area contributed by atoms with Gasteiger partial charge in [0, 0.05) is 28.9 Å². The van der Waals surface area contributed by atoms with Gasteiger partial charge in [-0.25, -0.2) is 9.97 Å². The SMILES string of the molecule is CCOc1cncc(-c2cnc(C(=O)NC(CC(C)(C)N(C)C)c3cc(NSC4CC4)ccn3)s2)n1. The van der Waals surface area contributed by atoms with Gasteiger partial charge in [-0.15, -0.1) is 11.3 Å². The van der Waals surface area contributed by atoms with Crippen LogP contribution in [0.4, 0.5) is 5.69 Å². The first-order valence-corrected chi connectivity index (χ1v) is 13.7. The third kappa shape index (κ3) is 6.92. The summed E-state index contributed by atoms with van der Waals surface area (Å²) in [6, 6.07) is 3.68. The minimum Gasteiger partial charge on any atom is -0.477 e. The summed E-state index contributed by atoms with van der Waals surface area (Å²) in [5, 5.41) is 4.23. The molecular weight excluding hydrogens is 494 g/mol. The van der Waals surface area contributed by atoms with Gasteiger partial charge < -0.3 is 19.7 Å². The first kappa shape index (κ1) is 26.3. The number of hydrogen-bond donors (Lipinski definition) is 2. The topological polar surface area (TPSA) is 105 Å². The van der Waals surface area contributed by atoms with Crippen LogP contribution in [0.5, 0.6) is 5.88 Å². The number of amides is 1. The molecule has 0 aromatic carbocycles. The van der Waals surface area contributed by atoms with Crippen LogP contribution >= 0.6 is 23.3 Å². The van der Waals surface area contributed by atoms with Crippen LogP contribution in [0, 0.1) is 0 Å². The van der Waals surface area contributed by atoms with E-state index in [1.54, 1.807) is 36.7 Å². The number of carbonyl (C=O) groups is 1. The van der Waals surface area contributed by atoms with E-state index < -0.39 is 0 Å². The molecule has 9 nitrogen and oxygen atoms in total. The Balaban J connectivity index is 1.53. The molecule has 36 heavy (non-hydrogen) atoms. The number of carbonyl (C=O) groups excluding carboxylic acids is 1. The molecule has 1 aliphatic carbocycles. The number of nitrogens with zero attached hydrogens (tertiary/aromatic N) is 5. The van der Waals surface area contributed by atoms with Crippen LogP contribution in [0.25, 0.3) is 10.6 Å². The number of hydrogen-bond acceptors (Lipinski definition) is 10. The molecule has 1 fully saturated rings. The van der Waals surface area contributed by atoms with Gasteiger partial charge in [-0.05, 0) is 78.2 Å². The Bertz CT molecular complexity index is 1180. The summed E-state index contributed by atoms with van der Waals surface area (Å²) >= 11 is 3.02. The van der Waals surface area contributed by atoms with Gasteiger partial charge in [0.15, 0.2) is 5.01 Å². The smallest absolute Gasteiger partial charge is 0.280 e. The highest BCUT2D eigenvalue weighted by molar-refractivity contribution is 8.01. The molecule has 1 aliphatic rings. The highest BCUT2D eigenvalue weighted by atomic mass is 32.2. The molecule has 3 aromatic rings. The van der Waals surface area contributed by atoms with Crippen molar-refractivity contribution >= 4 is 34.9 Å². The Morgan fingerprint density at radius 2 is 2.08 bits per heavy atom. The molecule has 192 valence electrons. The number of pyridine rings is 1. The number of anilines is 1. The molecule has 3 heterocycles. The van der Waals surface area contributed by atoms with Crippen molar-refractivity contribution in [1.29, 1.82) is 0 Å². The fourth-order valence-corrected chi connectivity index (χ4v) is 4.93. The maximum absolute atomic E-state index is 13.3. The van der Waals surface area contributed by atoms with Crippen molar-refractivity contribution in [3.8, 4) is 16.5 Å². The van der Waals surface area contributed by atoms with E-state index >= 15 is 0 Å². The van der Waals surface area contributed by atoms with Crippen molar-refractivity contribution in [2.75, 3.05) is 25.4 Å². The lowest BCUT2D eigenvalue weighted by Crippen LogP contribution is -2.43. The fourth-order valence-electron chi connectivity index (χ4n) is 3.35. The van der Waals surface area contributed by atoms with Gasteiger partial charge >= 0.3 is 0 Å². The second kappa shape index (κ2) is 11.5. The first-order chi connectivity index (χ1) is 17.2. The Hall–Kier alpha value is -2.76. The van der Waals surface area contributed by atoms with Crippen LogP contribution in [0.15, 0.2) is 36.9 Å². The lowest BCUT2D eigenvalue weighted by Gasteiger charge is -2.36. The minimum absolute atomic E-state index is 0.171. The van der Waals surface area contributed by atoms with E-state index in [4.69, 9.17) is 4.74 Å². The zero-order valence-electron chi connectivity index (χ0n) is 21.3. The van der Waals surface area contributed by atoms with Crippen LogP contribution in [0.2, 0.25) is 0 Å². The maximum atomic E-state index is 13.3. The molecule has 0 aliphatic heterocycles. The molecule has 0 bridgehead atoms. The molecule has 1 saturated carbocycles. The molecule has 1 amide bonds. The Labute approximate surface area is 220 Å². The lowest BCUT2D eigenvalue weighted by atomic mass is 9.92. The van der Waals surface area contributed by atoms with Gasteiger partial charge in [0.1, 0.15) is 5.69 Å². The molecule has 11 heteroatoms. The van der Waals surface area contributed by atoms with Crippen LogP contribution in [-0.2, 0) is 0 Å². The average molecular weight is 528 g/mol. The van der Waals surface area contributed by atoms with Gasteiger partial charge in [-0.1, -0.05) is 0 Å². The first-order valence-electron chi connectivity index (χ1n) is 12.0. The second-order valence-electron chi connectivity index (χ2n) is 9.53. The number of thiazole rings is 1. The zero-order valence-corrected chi connectivity index (χ0v) is 22.9. The quantitative estimate of drug-likeness (QED) is 0.321. The third-order valence-electron chi connectivity index (χ3n) is 6.08. The molecule has 1 atom stereocenters. The van der Waals surface area contributed by atoms with E-state index in [-0.39, 0.29) is 17.5 Å². The summed E-state index contributed by atoms with van der Waals surface area (Å²) in [6.45, 7) is 6.71. The van der Waals surface area contributed by atoms with E-state index in [9.17, 15) is 4.79 Å². The van der Waals surface area contributed by atoms with Crippen molar-refractivity contribution in [1.82, 2.24) is 30.2 Å². The molecular formula is C25H33N7O2S2. The minimum atomic E-state index is -0.295. The number of nitrogens with one attached hydrogen (secondary N) is 2. The van der Waals surface area contributed by atoms with Crippen LogP contribution in [-0.4, -0.2) is 62.2 Å². The Kier molecular flexibility index (Phi) is 8.43. The van der Waals surface area contributed by atoms with Gasteiger partial charge in [0.2, 0.25) is 5.88 Å². The largest absolute Gasteiger partial charge is 0.477 e. The van der Waals surface area contributed by atoms with Crippen molar-refractivity contribution in [2.24, 2.45) is 0 Å². The summed E-state index contributed by atoms with van der Waals surface area (Å²) in [7, 11) is 4.09. The predicted molar refractivity (Wildman–Crippen MR) is 145 cm³/mol. The normalized spacial score (nSPS) is 14.5. The summed E-state index contributed by atoms with van der Waals surface area (Å²) < 4.78 is 8.87. The highest BCUT2D eigenvalue weighted by Gasteiger charge is 2.29. The van der Waals surface area contributed by atoms with Crippen molar-refractivity contribution in [3.63, 3.8) is 0 Å². The number of rotatable bonds is 12. The Morgan fingerprint density at radius 1 is 1.28 bits per heavy atom. The number of ether oxygens (including phenoxy) is 1. The van der Waals surface area contributed by atoms with Crippen LogP contribution in [0.3, 0.4) is 0 Å². The standard InChI is InChI=1S/C25H33N7O2S2/c1-6-34-22-15-26-13-20(29-22)21-14-28-24(35-21)23(33)30-19(12-25(2,3)32(4)5)18-11-16(9-10-27-18)31-36-17-7-8-17/h9-11,13-15,17,19H,6-8,12H2,1-5H3,(H,27,31)(H,30,33). The summed E-state index contributed by atoms with van der Waals surface area (Å²) in [5.74, 6) is 0.201. The van der Waals surface area contributed by atoms with E-state index in [2.05, 4.69) is 48.7 Å². The van der Waals surface area contributed by atoms with Crippen molar-refractivity contribution in [2.45, 2.75) is 56.9 Å². The molecule has 0 radical (unpaired) electrons. The third-order valence-corrected chi connectivity index (χ3v) is 8.26. The number of aromatic nitrogens is 4. The lowest BCUT2D eigenvalue weighted by molar-refractivity contribution is 0.0909. The van der Waals surface area contributed by atoms with E-state index in [1.165, 1.54) is 24.2 Å². The van der Waals surface area contributed by atoms with Gasteiger partial charge in [-0.3, -0.25) is 14.8 Å². The molecule has 4 rings (SSSR count). The molecule has 0 spiro atoms. The summed E-state index contributed by atoms with van der Waals surface area (Å²) in [4.78, 5) is 33.9. The maximum Gasteiger partial charge on any atom is 0.280 e. The highest BCUT2D eigenvalue weighted by Crippen LogP contribution is 2.35. The molecule has 3 aromatic heterocycles. The predicted octanol–water partition coefficient (Wildman–Crippen LogP) is 4.82. The Morgan fingerprint density at radius 3 is 2.81 bits per heavy atom. The van der Waals surface area contributed by atoms with E-state index in [0.717, 1.165) is 16.3 Å². The molecule has 1 unspecified atom stereocenters. The fraction of sp³-hybridized carbons (Fsp3) is 0.480. The van der Waals surface area contributed by atoms with Gasteiger partial charge in [-0.2, -0.15) is 0 Å². The molecule has 2 N–H and O–H groups in total. The van der Waals surface area contributed by atoms with Crippen LogP contribution in [0.1, 0.15) is 61.6 Å². The van der Waals surface area contributed by atoms with Crippen molar-refractivity contribution < 1.29 is 9.53 Å². The zero-order chi connectivity index (χ0) is 25.7. The van der Waals surface area contributed by atoms with Crippen LogP contribution < -0.4 is 14.8 Å². The van der Waals surface area contributed by atoms with Gasteiger partial charge in [0.25, 0.3) is 5.91 Å². The summed E-state index contributed by atoms with van der Waals surface area (Å²) in [5.41, 5.74) is 2.25. The molecule has 0 saturated heterocycles.